The highest BCUT2D eigenvalue weighted by atomic mass is 35.5. The summed E-state index contributed by atoms with van der Waals surface area (Å²) in [6.45, 7) is 0.570. The smallest absolute Gasteiger partial charge is 0.262 e. The largest absolute Gasteiger partial charge is 0.339 e. The second-order valence-electron chi connectivity index (χ2n) is 4.78. The van der Waals surface area contributed by atoms with Crippen LogP contribution in [-0.2, 0) is 11.8 Å². The molecule has 3 heterocycles. The van der Waals surface area contributed by atoms with Gasteiger partial charge in [-0.1, -0.05) is 11.6 Å². The highest BCUT2D eigenvalue weighted by Gasteiger charge is 2.34. The van der Waals surface area contributed by atoms with Gasteiger partial charge in [-0.15, -0.1) is 11.3 Å². The fourth-order valence-corrected chi connectivity index (χ4v) is 3.23. The number of rotatable bonds is 3. The molecule has 0 spiro atoms. The molecule has 0 bridgehead atoms. The van der Waals surface area contributed by atoms with Crippen LogP contribution in [0.2, 0.25) is 4.34 Å². The van der Waals surface area contributed by atoms with E-state index in [0.717, 1.165) is 5.69 Å². The summed E-state index contributed by atoms with van der Waals surface area (Å²) in [7, 11) is 1.80. The number of carbonyl (C=O) groups is 2. The zero-order valence-electron chi connectivity index (χ0n) is 11.2. The summed E-state index contributed by atoms with van der Waals surface area (Å²) in [5, 5.41) is 6.81. The van der Waals surface area contributed by atoms with Crippen LogP contribution in [0.5, 0.6) is 0 Å². The molecular formula is C13H13ClN4O2S. The Balaban J connectivity index is 1.68. The van der Waals surface area contributed by atoms with E-state index in [1.807, 2.05) is 0 Å². The van der Waals surface area contributed by atoms with Crippen molar-refractivity contribution in [3.63, 3.8) is 0 Å². The Kier molecular flexibility index (Phi) is 3.69. The van der Waals surface area contributed by atoms with Crippen molar-refractivity contribution in [2.24, 2.45) is 7.05 Å². The molecule has 0 aromatic carbocycles. The van der Waals surface area contributed by atoms with Crippen molar-refractivity contribution < 1.29 is 9.59 Å². The molecule has 1 atom stereocenters. The molecule has 2 aromatic heterocycles. The Morgan fingerprint density at radius 3 is 2.95 bits per heavy atom. The first-order chi connectivity index (χ1) is 10.0. The van der Waals surface area contributed by atoms with Gasteiger partial charge in [-0.3, -0.25) is 14.3 Å². The number of nitrogens with zero attached hydrogens (tertiary/aromatic N) is 3. The number of hydrogen-bond donors (Lipinski definition) is 1. The molecule has 1 aliphatic rings. The quantitative estimate of drug-likeness (QED) is 0.934. The number of nitrogens with one attached hydrogen (secondary N) is 1. The van der Waals surface area contributed by atoms with Crippen LogP contribution in [0.3, 0.4) is 0 Å². The molecule has 110 valence electrons. The van der Waals surface area contributed by atoms with Crippen LogP contribution in [0.1, 0.15) is 16.1 Å². The van der Waals surface area contributed by atoms with Gasteiger partial charge in [-0.25, -0.2) is 0 Å². The van der Waals surface area contributed by atoms with E-state index in [-0.39, 0.29) is 11.8 Å². The van der Waals surface area contributed by atoms with Crippen LogP contribution < -0.4 is 10.2 Å². The van der Waals surface area contributed by atoms with Crippen molar-refractivity contribution in [1.29, 1.82) is 0 Å². The maximum absolute atomic E-state index is 12.3. The molecule has 2 aromatic rings. The normalized spacial score (nSPS) is 18.3. The first-order valence-electron chi connectivity index (χ1n) is 6.41. The van der Waals surface area contributed by atoms with Crippen LogP contribution in [0.25, 0.3) is 0 Å². The lowest BCUT2D eigenvalue weighted by molar-refractivity contribution is -0.118. The van der Waals surface area contributed by atoms with Crippen molar-refractivity contribution in [2.45, 2.75) is 12.5 Å². The molecular weight excluding hydrogens is 312 g/mol. The summed E-state index contributed by atoms with van der Waals surface area (Å²) >= 11 is 7.01. The van der Waals surface area contributed by atoms with Crippen molar-refractivity contribution >= 4 is 40.4 Å². The highest BCUT2D eigenvalue weighted by Crippen LogP contribution is 2.23. The molecule has 3 rings (SSSR count). The predicted molar refractivity (Wildman–Crippen MR) is 80.8 cm³/mol. The predicted octanol–water partition coefficient (Wildman–Crippen LogP) is 1.67. The minimum Gasteiger partial charge on any atom is -0.339 e. The Labute approximate surface area is 130 Å². The highest BCUT2D eigenvalue weighted by molar-refractivity contribution is 7.18. The summed E-state index contributed by atoms with van der Waals surface area (Å²) in [5.74, 6) is -0.378. The minimum absolute atomic E-state index is 0.112. The van der Waals surface area contributed by atoms with E-state index in [1.165, 1.54) is 11.3 Å². The van der Waals surface area contributed by atoms with E-state index in [2.05, 4.69) is 10.4 Å². The third-order valence-corrected chi connectivity index (χ3v) is 4.54. The molecule has 2 amide bonds. The summed E-state index contributed by atoms with van der Waals surface area (Å²) in [6.07, 6.45) is 4.00. The van der Waals surface area contributed by atoms with Crippen LogP contribution in [0, 0.1) is 0 Å². The summed E-state index contributed by atoms with van der Waals surface area (Å²) < 4.78 is 2.19. The number of halogens is 1. The molecule has 21 heavy (non-hydrogen) atoms. The molecule has 0 unspecified atom stereocenters. The Hall–Kier alpha value is -1.86. The molecule has 0 aliphatic carbocycles. The van der Waals surface area contributed by atoms with Crippen molar-refractivity contribution in [3.8, 4) is 0 Å². The van der Waals surface area contributed by atoms with Crippen LogP contribution in [0.4, 0.5) is 5.69 Å². The van der Waals surface area contributed by atoms with Crippen molar-refractivity contribution in [2.75, 3.05) is 11.4 Å². The first-order valence-corrected chi connectivity index (χ1v) is 7.60. The van der Waals surface area contributed by atoms with Gasteiger partial charge in [-0.05, 0) is 18.6 Å². The van der Waals surface area contributed by atoms with E-state index < -0.39 is 6.04 Å². The van der Waals surface area contributed by atoms with Gasteiger partial charge < -0.3 is 10.2 Å². The Bertz CT molecular complexity index is 696. The standard InChI is InChI=1S/C13H13ClN4O2S/c1-17-7-8(6-15-17)18-5-4-9(13(18)20)16-12(19)10-2-3-11(14)21-10/h2-3,6-7,9H,4-5H2,1H3,(H,16,19)/t9-/m0/s1. The third kappa shape index (κ3) is 2.79. The van der Waals surface area contributed by atoms with E-state index >= 15 is 0 Å². The lowest BCUT2D eigenvalue weighted by atomic mass is 10.2. The van der Waals surface area contributed by atoms with Gasteiger partial charge in [0, 0.05) is 19.8 Å². The first kappa shape index (κ1) is 14.1. The Morgan fingerprint density at radius 2 is 2.33 bits per heavy atom. The van der Waals surface area contributed by atoms with Gasteiger partial charge in [0.25, 0.3) is 5.91 Å². The molecule has 0 saturated carbocycles. The van der Waals surface area contributed by atoms with Gasteiger partial charge >= 0.3 is 0 Å². The van der Waals surface area contributed by atoms with Crippen LogP contribution in [0.15, 0.2) is 24.5 Å². The maximum Gasteiger partial charge on any atom is 0.262 e. The summed E-state index contributed by atoms with van der Waals surface area (Å²) in [4.78, 5) is 26.5. The zero-order valence-corrected chi connectivity index (χ0v) is 12.8. The lowest BCUT2D eigenvalue weighted by Crippen LogP contribution is -2.41. The average Bonchev–Trinajstić information content (AvgIpc) is 3.13. The molecule has 1 N–H and O–H groups in total. The molecule has 1 fully saturated rings. The van der Waals surface area contributed by atoms with E-state index in [9.17, 15) is 9.59 Å². The van der Waals surface area contributed by atoms with Gasteiger partial charge in [0.2, 0.25) is 5.91 Å². The molecule has 1 aliphatic heterocycles. The lowest BCUT2D eigenvalue weighted by Gasteiger charge is -2.14. The zero-order chi connectivity index (χ0) is 15.0. The monoisotopic (exact) mass is 324 g/mol. The topological polar surface area (TPSA) is 67.2 Å². The van der Waals surface area contributed by atoms with E-state index in [0.29, 0.717) is 22.2 Å². The maximum atomic E-state index is 12.3. The molecule has 0 radical (unpaired) electrons. The second-order valence-corrected chi connectivity index (χ2v) is 6.50. The second kappa shape index (κ2) is 5.50. The number of aryl methyl sites for hydroxylation is 1. The van der Waals surface area contributed by atoms with Crippen molar-refractivity contribution in [3.05, 3.63) is 33.7 Å². The third-order valence-electron chi connectivity index (χ3n) is 3.31. The van der Waals surface area contributed by atoms with E-state index in [1.54, 1.807) is 41.2 Å². The molecule has 6 nitrogen and oxygen atoms in total. The number of carbonyl (C=O) groups excluding carboxylic acids is 2. The van der Waals surface area contributed by atoms with Gasteiger partial charge in [0.15, 0.2) is 0 Å². The van der Waals surface area contributed by atoms with Gasteiger partial charge in [0.1, 0.15) is 6.04 Å². The van der Waals surface area contributed by atoms with Crippen LogP contribution >= 0.6 is 22.9 Å². The number of thiophene rings is 1. The molecule has 1 saturated heterocycles. The SMILES string of the molecule is Cn1cc(N2CC[C@H](NC(=O)c3ccc(Cl)s3)C2=O)cn1. The van der Waals surface area contributed by atoms with E-state index in [4.69, 9.17) is 11.6 Å². The summed E-state index contributed by atoms with van der Waals surface area (Å²) in [6, 6.07) is 2.82. The number of anilines is 1. The van der Waals surface area contributed by atoms with Gasteiger partial charge in [-0.2, -0.15) is 5.10 Å². The number of amides is 2. The molecule has 8 heteroatoms. The number of aromatic nitrogens is 2. The average molecular weight is 325 g/mol. The Morgan fingerprint density at radius 1 is 1.52 bits per heavy atom. The van der Waals surface area contributed by atoms with Crippen LogP contribution in [-0.4, -0.2) is 34.2 Å². The fourth-order valence-electron chi connectivity index (χ4n) is 2.28. The minimum atomic E-state index is -0.501. The number of hydrogen-bond acceptors (Lipinski definition) is 4. The summed E-state index contributed by atoms with van der Waals surface area (Å²) in [5.41, 5.74) is 0.749. The van der Waals surface area contributed by atoms with Gasteiger partial charge in [0.05, 0.1) is 21.1 Å². The fraction of sp³-hybridized carbons (Fsp3) is 0.308. The van der Waals surface area contributed by atoms with Crippen molar-refractivity contribution in [1.82, 2.24) is 15.1 Å².